The molecule has 0 bridgehead atoms. The topological polar surface area (TPSA) is 20.2 Å². The summed E-state index contributed by atoms with van der Waals surface area (Å²) < 4.78 is 1.69. The zero-order valence-corrected chi connectivity index (χ0v) is 16.5. The Balaban J connectivity index is 0.000000364. The number of rotatable bonds is 1. The summed E-state index contributed by atoms with van der Waals surface area (Å²) >= 11 is 5.37. The van der Waals surface area contributed by atoms with Crippen LogP contribution in [0.4, 0.5) is 0 Å². The molecule has 1 aliphatic carbocycles. The van der Waals surface area contributed by atoms with E-state index in [0.29, 0.717) is 0 Å². The molecular weight excluding hydrogens is 601 g/mol. The Kier molecular flexibility index (Phi) is 6.92. The molecule has 5 heteroatoms. The van der Waals surface area contributed by atoms with Gasteiger partial charge in [0.1, 0.15) is 0 Å². The average molecular weight is 619 g/mol. The van der Waals surface area contributed by atoms with Gasteiger partial charge in [-0.2, -0.15) is 0 Å². The summed E-state index contributed by atoms with van der Waals surface area (Å²) in [5.41, 5.74) is 4.88. The molecule has 0 unspecified atom stereocenters. The summed E-state index contributed by atoms with van der Waals surface area (Å²) in [5, 5.41) is 0. The van der Waals surface area contributed by atoms with Crippen molar-refractivity contribution in [3.8, 4) is 0 Å². The van der Waals surface area contributed by atoms with Gasteiger partial charge >= 0.3 is 85.7 Å². The van der Waals surface area contributed by atoms with E-state index in [1.54, 1.807) is 17.4 Å². The van der Waals surface area contributed by atoms with Crippen LogP contribution in [0.15, 0.2) is 22.3 Å². The van der Waals surface area contributed by atoms with Gasteiger partial charge in [0.05, 0.1) is 0 Å². The van der Waals surface area contributed by atoms with Gasteiger partial charge < -0.3 is 4.89 Å². The van der Waals surface area contributed by atoms with Gasteiger partial charge in [0.15, 0.2) is 0 Å². The fraction of sp³-hybridized carbons (Fsp3) is 0.556. The van der Waals surface area contributed by atoms with Crippen molar-refractivity contribution in [3.05, 3.63) is 22.3 Å². The van der Waals surface area contributed by atoms with Crippen LogP contribution in [0.1, 0.15) is 6.42 Å². The van der Waals surface area contributed by atoms with Crippen LogP contribution in [0.5, 0.6) is 0 Å². The van der Waals surface area contributed by atoms with Gasteiger partial charge in [0.25, 0.3) is 0 Å². The molecule has 88 valence electrons. The molecular formula is C9H18I2IrOP. The van der Waals surface area contributed by atoms with E-state index in [-0.39, 0.29) is 0 Å². The summed E-state index contributed by atoms with van der Waals surface area (Å²) in [6.07, 6.45) is 7.94. The summed E-state index contributed by atoms with van der Waals surface area (Å²) in [4.78, 5) is 8.12. The molecule has 0 aromatic heterocycles. The van der Waals surface area contributed by atoms with E-state index in [0.717, 1.165) is 0 Å². The molecule has 0 radical (unpaired) electrons. The third-order valence-corrected chi connectivity index (χ3v) is 14.0. The normalized spacial score (nSPS) is 18.3. The Bertz CT molecular complexity index is 241. The molecule has 0 saturated carbocycles. The van der Waals surface area contributed by atoms with E-state index in [9.17, 15) is 0 Å². The fourth-order valence-corrected chi connectivity index (χ4v) is 8.08. The SMILES string of the molecule is CP(C)O.[CH3][Ir]([CH3])([I])([I])[C]1=CC=CC1. The van der Waals surface area contributed by atoms with Crippen LogP contribution >= 0.6 is 47.3 Å². The molecule has 1 nitrogen and oxygen atoms in total. The maximum absolute atomic E-state index is 8.12. The van der Waals surface area contributed by atoms with E-state index in [1.807, 2.05) is 0 Å². The predicted molar refractivity (Wildman–Crippen MR) is 82.6 cm³/mol. The van der Waals surface area contributed by atoms with Gasteiger partial charge in [-0.25, -0.2) is 0 Å². The third-order valence-electron chi connectivity index (χ3n) is 1.30. The zero-order valence-electron chi connectivity index (χ0n) is 8.92. The predicted octanol–water partition coefficient (Wildman–Crippen LogP) is 4.95. The summed E-state index contributed by atoms with van der Waals surface area (Å²) in [7, 11) is -0.620. The van der Waals surface area contributed by atoms with Gasteiger partial charge in [-0.1, -0.05) is 0 Å². The second-order valence-electron chi connectivity index (χ2n) is 3.41. The van der Waals surface area contributed by atoms with Crippen molar-refractivity contribution in [1.29, 1.82) is 0 Å². The number of halogens is 2. The van der Waals surface area contributed by atoms with Gasteiger partial charge in [-0.3, -0.25) is 0 Å². The van der Waals surface area contributed by atoms with Crippen molar-refractivity contribution in [2.75, 3.05) is 13.3 Å². The summed E-state index contributed by atoms with van der Waals surface area (Å²) in [5.74, 6) is 0. The Morgan fingerprint density at radius 1 is 1.36 bits per heavy atom. The number of allylic oxidation sites excluding steroid dienone is 4. The van der Waals surface area contributed by atoms with E-state index < -0.39 is 15.1 Å². The molecule has 0 amide bonds. The minimum absolute atomic E-state index is 0.620. The quantitative estimate of drug-likeness (QED) is 0.326. The first-order chi connectivity index (χ1) is 6.10. The van der Waals surface area contributed by atoms with Crippen LogP contribution in [0.2, 0.25) is 10.9 Å². The van der Waals surface area contributed by atoms with Crippen molar-refractivity contribution in [2.45, 2.75) is 17.3 Å². The van der Waals surface area contributed by atoms with Crippen molar-refractivity contribution >= 4 is 47.3 Å². The first-order valence-corrected chi connectivity index (χ1v) is 25.7. The first kappa shape index (κ1) is 16.0. The molecule has 1 N–H and O–H groups in total. The zero-order chi connectivity index (χ0) is 11.4. The van der Waals surface area contributed by atoms with Crippen molar-refractivity contribution in [2.24, 2.45) is 0 Å². The molecule has 0 saturated heterocycles. The van der Waals surface area contributed by atoms with E-state index >= 15 is 0 Å². The minimum atomic E-state index is -2.08. The second kappa shape index (κ2) is 6.06. The van der Waals surface area contributed by atoms with Crippen LogP contribution in [-0.2, 0) is 6.91 Å². The molecule has 0 fully saturated rings. The molecule has 0 atom stereocenters. The maximum atomic E-state index is 8.12. The van der Waals surface area contributed by atoms with Gasteiger partial charge in [-0.05, 0) is 13.3 Å². The third kappa shape index (κ3) is 8.17. The summed E-state index contributed by atoms with van der Waals surface area (Å²) in [6.45, 7) is 1.50. The van der Waals surface area contributed by atoms with Gasteiger partial charge in [0.2, 0.25) is 0 Å². The van der Waals surface area contributed by atoms with Gasteiger partial charge in [-0.15, -0.1) is 0 Å². The Morgan fingerprint density at radius 3 is 1.93 bits per heavy atom. The molecule has 0 aliphatic heterocycles. The monoisotopic (exact) mass is 620 g/mol. The fourth-order valence-electron chi connectivity index (χ4n) is 0.752. The van der Waals surface area contributed by atoms with E-state index in [1.165, 1.54) is 6.42 Å². The molecule has 0 heterocycles. The number of hydrogen-bond donors (Lipinski definition) is 1. The van der Waals surface area contributed by atoms with E-state index in [4.69, 9.17) is 4.89 Å². The van der Waals surface area contributed by atoms with Crippen molar-refractivity contribution in [1.82, 2.24) is 0 Å². The molecule has 0 aromatic carbocycles. The van der Waals surface area contributed by atoms with Crippen LogP contribution < -0.4 is 0 Å². The Morgan fingerprint density at radius 2 is 1.79 bits per heavy atom. The molecule has 0 aromatic rings. The van der Waals surface area contributed by atoms with Crippen molar-refractivity contribution in [3.63, 3.8) is 0 Å². The van der Waals surface area contributed by atoms with E-state index in [2.05, 4.69) is 68.3 Å². The molecule has 14 heavy (non-hydrogen) atoms. The summed E-state index contributed by atoms with van der Waals surface area (Å²) in [6, 6.07) is 0. The second-order valence-corrected chi connectivity index (χ2v) is 62.9. The first-order valence-electron chi connectivity index (χ1n) is 3.90. The molecule has 0 spiro atoms. The Labute approximate surface area is 111 Å². The molecule has 1 rings (SSSR count). The van der Waals surface area contributed by atoms with Crippen LogP contribution in [0, 0.1) is 0 Å². The van der Waals surface area contributed by atoms with Crippen molar-refractivity contribution < 1.29 is 11.8 Å². The van der Waals surface area contributed by atoms with Crippen LogP contribution in [-0.4, -0.2) is 18.2 Å². The number of hydrogen-bond acceptors (Lipinski definition) is 1. The standard InChI is InChI=1S/C5H5.C2H7OP.2CH3.2HI.Ir/c1-2-4-5-3-1;1-4(2)3;;;;;/h1-3H,4H2;3H,1-2H3;2*1H3;2*1H;/q;;;;;;+2/p-2. The van der Waals surface area contributed by atoms with Crippen LogP contribution in [0.25, 0.3) is 0 Å². The van der Waals surface area contributed by atoms with Gasteiger partial charge in [0, 0.05) is 8.15 Å². The Hall–Kier alpha value is 1.98. The average Bonchev–Trinajstić information content (AvgIpc) is 2.29. The molecule has 1 aliphatic rings. The van der Waals surface area contributed by atoms with Crippen LogP contribution in [0.3, 0.4) is 0 Å².